The minimum absolute atomic E-state index is 0.0336. The van der Waals surface area contributed by atoms with Crippen molar-refractivity contribution in [2.24, 2.45) is 17.8 Å². The normalized spacial score (nSPS) is 26.8. The van der Waals surface area contributed by atoms with Gasteiger partial charge >= 0.3 is 5.97 Å². The lowest BCUT2D eigenvalue weighted by Crippen LogP contribution is -2.35. The molecule has 1 aliphatic rings. The Labute approximate surface area is 125 Å². The van der Waals surface area contributed by atoms with Gasteiger partial charge in [0.25, 0.3) is 0 Å². The molecule has 0 aromatic carbocycles. The molecular weight excluding hydrogens is 248 g/mol. The van der Waals surface area contributed by atoms with E-state index in [0.29, 0.717) is 24.2 Å². The largest absolute Gasteiger partial charge is 0.462 e. The van der Waals surface area contributed by atoms with Crippen molar-refractivity contribution in [3.8, 4) is 0 Å². The topological polar surface area (TPSA) is 26.3 Å². The second-order valence-electron chi connectivity index (χ2n) is 7.02. The van der Waals surface area contributed by atoms with Gasteiger partial charge in [-0.1, -0.05) is 59.8 Å². The predicted molar refractivity (Wildman–Crippen MR) is 84.6 cm³/mol. The molecule has 1 aliphatic carbocycles. The summed E-state index contributed by atoms with van der Waals surface area (Å²) in [6, 6.07) is 0. The zero-order chi connectivity index (χ0) is 15.0. The first-order valence-electron chi connectivity index (χ1n) is 8.74. The van der Waals surface area contributed by atoms with E-state index in [0.717, 1.165) is 19.3 Å². The van der Waals surface area contributed by atoms with Crippen molar-refractivity contribution < 1.29 is 9.53 Å². The van der Waals surface area contributed by atoms with Gasteiger partial charge in [0.05, 0.1) is 0 Å². The third-order valence-electron chi connectivity index (χ3n) is 4.73. The molecule has 1 saturated carbocycles. The first-order chi connectivity index (χ1) is 9.54. The zero-order valence-electron chi connectivity index (χ0n) is 14.0. The molecule has 20 heavy (non-hydrogen) atoms. The molecule has 0 aliphatic heterocycles. The van der Waals surface area contributed by atoms with Crippen LogP contribution in [-0.2, 0) is 9.53 Å². The molecule has 0 bridgehead atoms. The molecule has 1 fully saturated rings. The molecule has 2 heteroatoms. The monoisotopic (exact) mass is 282 g/mol. The Morgan fingerprint density at radius 1 is 1.15 bits per heavy atom. The smallest absolute Gasteiger partial charge is 0.306 e. The lowest BCUT2D eigenvalue weighted by Gasteiger charge is -2.36. The fraction of sp³-hybridized carbons (Fsp3) is 0.944. The molecule has 0 saturated heterocycles. The van der Waals surface area contributed by atoms with Gasteiger partial charge in [-0.2, -0.15) is 0 Å². The van der Waals surface area contributed by atoms with Gasteiger partial charge in [0.2, 0.25) is 0 Å². The van der Waals surface area contributed by atoms with Crippen LogP contribution >= 0.6 is 0 Å². The fourth-order valence-corrected chi connectivity index (χ4v) is 3.35. The van der Waals surface area contributed by atoms with Crippen LogP contribution < -0.4 is 0 Å². The van der Waals surface area contributed by atoms with Gasteiger partial charge in [-0.05, 0) is 37.0 Å². The molecule has 0 amide bonds. The number of ether oxygens (including phenoxy) is 1. The van der Waals surface area contributed by atoms with Crippen molar-refractivity contribution in [2.45, 2.75) is 91.6 Å². The Bertz CT molecular complexity index is 273. The van der Waals surface area contributed by atoms with Crippen molar-refractivity contribution >= 4 is 5.97 Å². The highest BCUT2D eigenvalue weighted by Crippen LogP contribution is 2.35. The Morgan fingerprint density at radius 3 is 2.50 bits per heavy atom. The maximum atomic E-state index is 12.0. The summed E-state index contributed by atoms with van der Waals surface area (Å²) in [7, 11) is 0. The Morgan fingerprint density at radius 2 is 1.85 bits per heavy atom. The van der Waals surface area contributed by atoms with E-state index >= 15 is 0 Å². The number of carbonyl (C=O) groups excluding carboxylic acids is 1. The molecule has 0 unspecified atom stereocenters. The molecule has 0 spiro atoms. The second-order valence-corrected chi connectivity index (χ2v) is 7.02. The Balaban J connectivity index is 2.30. The maximum Gasteiger partial charge on any atom is 0.306 e. The number of hydrogen-bond acceptors (Lipinski definition) is 2. The van der Waals surface area contributed by atoms with Gasteiger partial charge in [-0.15, -0.1) is 0 Å². The van der Waals surface area contributed by atoms with Crippen molar-refractivity contribution in [1.82, 2.24) is 0 Å². The minimum atomic E-state index is 0.0336. The molecule has 118 valence electrons. The summed E-state index contributed by atoms with van der Waals surface area (Å²) in [5.41, 5.74) is 0. The van der Waals surface area contributed by atoms with Crippen molar-refractivity contribution in [2.75, 3.05) is 0 Å². The highest BCUT2D eigenvalue weighted by Gasteiger charge is 2.33. The fourth-order valence-electron chi connectivity index (χ4n) is 3.35. The van der Waals surface area contributed by atoms with Gasteiger partial charge in [-0.25, -0.2) is 0 Å². The van der Waals surface area contributed by atoms with Crippen molar-refractivity contribution in [3.05, 3.63) is 0 Å². The lowest BCUT2D eigenvalue weighted by molar-refractivity contribution is -0.156. The third-order valence-corrected chi connectivity index (χ3v) is 4.73. The van der Waals surface area contributed by atoms with Gasteiger partial charge in [0, 0.05) is 6.42 Å². The van der Waals surface area contributed by atoms with Crippen LogP contribution in [0.2, 0.25) is 0 Å². The molecular formula is C18H34O2. The van der Waals surface area contributed by atoms with Gasteiger partial charge in [0.15, 0.2) is 0 Å². The second kappa shape index (κ2) is 9.41. The van der Waals surface area contributed by atoms with Crippen LogP contribution in [0.15, 0.2) is 0 Å². The van der Waals surface area contributed by atoms with E-state index in [4.69, 9.17) is 4.74 Å². The number of hydrogen-bond donors (Lipinski definition) is 0. The molecule has 0 aromatic heterocycles. The summed E-state index contributed by atoms with van der Waals surface area (Å²) >= 11 is 0. The maximum absolute atomic E-state index is 12.0. The summed E-state index contributed by atoms with van der Waals surface area (Å²) in [6.45, 7) is 9.01. The van der Waals surface area contributed by atoms with Crippen LogP contribution in [0.1, 0.15) is 85.5 Å². The number of carbonyl (C=O) groups is 1. The number of rotatable bonds is 8. The van der Waals surface area contributed by atoms with E-state index < -0.39 is 0 Å². The minimum Gasteiger partial charge on any atom is -0.462 e. The van der Waals surface area contributed by atoms with E-state index in [-0.39, 0.29) is 12.1 Å². The third kappa shape index (κ3) is 6.28. The van der Waals surface area contributed by atoms with E-state index in [9.17, 15) is 4.79 Å². The molecule has 0 aromatic rings. The summed E-state index contributed by atoms with van der Waals surface area (Å²) in [6.07, 6.45) is 10.3. The Kier molecular flexibility index (Phi) is 8.25. The van der Waals surface area contributed by atoms with E-state index in [1.54, 1.807) is 0 Å². The highest BCUT2D eigenvalue weighted by atomic mass is 16.5. The molecule has 0 radical (unpaired) electrons. The lowest BCUT2D eigenvalue weighted by atomic mass is 9.75. The average Bonchev–Trinajstić information content (AvgIpc) is 2.38. The zero-order valence-corrected chi connectivity index (χ0v) is 14.0. The number of unbranched alkanes of at least 4 members (excludes halogenated alkanes) is 4. The summed E-state index contributed by atoms with van der Waals surface area (Å²) < 4.78 is 5.80. The van der Waals surface area contributed by atoms with Crippen LogP contribution in [0, 0.1) is 17.8 Å². The number of esters is 1. The van der Waals surface area contributed by atoms with Crippen molar-refractivity contribution in [1.29, 1.82) is 0 Å². The van der Waals surface area contributed by atoms with Crippen LogP contribution in [0.25, 0.3) is 0 Å². The Hall–Kier alpha value is -0.530. The van der Waals surface area contributed by atoms with E-state index in [2.05, 4.69) is 27.7 Å². The SMILES string of the molecule is CCCCCCCC(=O)O[C@@H]1C[C@H](C)CC[C@H]1C(C)C. The summed E-state index contributed by atoms with van der Waals surface area (Å²) in [5.74, 6) is 1.92. The van der Waals surface area contributed by atoms with E-state index in [1.165, 1.54) is 32.1 Å². The summed E-state index contributed by atoms with van der Waals surface area (Å²) in [4.78, 5) is 12.0. The quantitative estimate of drug-likeness (QED) is 0.443. The first kappa shape index (κ1) is 17.5. The van der Waals surface area contributed by atoms with E-state index in [1.807, 2.05) is 0 Å². The van der Waals surface area contributed by atoms with Crippen LogP contribution in [0.5, 0.6) is 0 Å². The van der Waals surface area contributed by atoms with Crippen molar-refractivity contribution in [3.63, 3.8) is 0 Å². The summed E-state index contributed by atoms with van der Waals surface area (Å²) in [5, 5.41) is 0. The molecule has 3 atom stereocenters. The standard InChI is InChI=1S/C18H34O2/c1-5-6-7-8-9-10-18(19)20-17-13-15(4)11-12-16(17)14(2)3/h14-17H,5-13H2,1-4H3/t15-,16+,17-/m1/s1. The molecule has 2 nitrogen and oxygen atoms in total. The van der Waals surface area contributed by atoms with Gasteiger partial charge in [-0.3, -0.25) is 4.79 Å². The highest BCUT2D eigenvalue weighted by molar-refractivity contribution is 5.69. The van der Waals surface area contributed by atoms with Gasteiger partial charge < -0.3 is 4.74 Å². The predicted octanol–water partition coefficient (Wildman–Crippen LogP) is 5.35. The van der Waals surface area contributed by atoms with Crippen LogP contribution in [0.4, 0.5) is 0 Å². The first-order valence-corrected chi connectivity index (χ1v) is 8.74. The van der Waals surface area contributed by atoms with Gasteiger partial charge in [0.1, 0.15) is 6.10 Å². The average molecular weight is 282 g/mol. The molecule has 0 N–H and O–H groups in total. The molecule has 1 rings (SSSR count). The molecule has 0 heterocycles. The van der Waals surface area contributed by atoms with Crippen LogP contribution in [0.3, 0.4) is 0 Å². The van der Waals surface area contributed by atoms with Crippen LogP contribution in [-0.4, -0.2) is 12.1 Å².